The van der Waals surface area contributed by atoms with E-state index in [-0.39, 0.29) is 0 Å². The Kier molecular flexibility index (Phi) is 30.2. The summed E-state index contributed by atoms with van der Waals surface area (Å²) in [7, 11) is 2.80. The van der Waals surface area contributed by atoms with Crippen molar-refractivity contribution in [3.63, 3.8) is 0 Å². The van der Waals surface area contributed by atoms with E-state index in [0.717, 1.165) is 23.9 Å². The maximum absolute atomic E-state index is 12.1. The van der Waals surface area contributed by atoms with Gasteiger partial charge in [-0.2, -0.15) is 0 Å². The molecule has 5 heteroatoms. The first kappa shape index (κ1) is 41.1. The molecule has 0 aliphatic rings. The van der Waals surface area contributed by atoms with Crippen LogP contribution in [0.2, 0.25) is 0 Å². The number of hydrogen-bond acceptors (Lipinski definition) is 2. The Morgan fingerprint density at radius 3 is 0.951 bits per heavy atom. The second kappa shape index (κ2) is 30.1. The van der Waals surface area contributed by atoms with Gasteiger partial charge in [-0.25, -0.2) is 0 Å². The molecule has 0 aromatic rings. The molecule has 0 heterocycles. The fourth-order valence-electron chi connectivity index (χ4n) is 5.68. The summed E-state index contributed by atoms with van der Waals surface area (Å²) in [5.41, 5.74) is 0. The molecule has 0 bridgehead atoms. The predicted molar refractivity (Wildman–Crippen MR) is 183 cm³/mol. The lowest BCUT2D eigenvalue weighted by Gasteiger charge is -2.24. The van der Waals surface area contributed by atoms with Crippen LogP contribution in [0.25, 0.3) is 0 Å². The van der Waals surface area contributed by atoms with Gasteiger partial charge in [0.2, 0.25) is 0 Å². The minimum Gasteiger partial charge on any atom is -0.329 e. The Labute approximate surface area is 259 Å². The zero-order valence-corrected chi connectivity index (χ0v) is 29.7. The van der Waals surface area contributed by atoms with E-state index in [1.54, 1.807) is 0 Å². The average Bonchev–Trinajstić information content (AvgIpc) is 2.91. The van der Waals surface area contributed by atoms with Crippen molar-refractivity contribution in [1.29, 1.82) is 0 Å². The molecule has 0 aromatic heterocycles. The van der Waals surface area contributed by atoms with E-state index in [4.69, 9.17) is 4.52 Å². The average molecular weight is 603 g/mol. The zero-order chi connectivity index (χ0) is 30.3. The van der Waals surface area contributed by atoms with Crippen molar-refractivity contribution in [3.05, 3.63) is 0 Å². The van der Waals surface area contributed by atoms with E-state index in [0.29, 0.717) is 12.8 Å². The molecule has 0 aliphatic heterocycles. The topological polar surface area (TPSA) is 46.5 Å². The minimum absolute atomic E-state index is 0.309. The van der Waals surface area contributed by atoms with Crippen molar-refractivity contribution < 1.29 is 18.5 Å². The summed E-state index contributed by atoms with van der Waals surface area (Å²) < 4.78 is 18.1. The second-order valence-electron chi connectivity index (χ2n) is 14.1. The molecular formula is C36H77NO3P+. The maximum atomic E-state index is 12.1. The molecule has 0 spiro atoms. The first-order chi connectivity index (χ1) is 19.8. The molecule has 4 nitrogen and oxygen atoms in total. The van der Waals surface area contributed by atoms with Crippen LogP contribution in [0.3, 0.4) is 0 Å². The zero-order valence-electron chi connectivity index (χ0n) is 28.8. The predicted octanol–water partition coefficient (Wildman–Crippen LogP) is 12.2. The Bertz CT molecular complexity index is 564. The maximum Gasteiger partial charge on any atom is 0.328 e. The van der Waals surface area contributed by atoms with Crippen molar-refractivity contribution in [1.82, 2.24) is 0 Å². The fraction of sp³-hybridized carbons (Fsp3) is 1.00. The normalized spacial score (nSPS) is 13.6. The van der Waals surface area contributed by atoms with Crippen LogP contribution < -0.4 is 0 Å². The van der Waals surface area contributed by atoms with Crippen molar-refractivity contribution in [2.24, 2.45) is 0 Å². The first-order valence-electron chi connectivity index (χ1n) is 18.5. The summed E-state index contributed by atoms with van der Waals surface area (Å²) in [5, 5.41) is 0. The van der Waals surface area contributed by atoms with Gasteiger partial charge < -0.3 is 13.9 Å². The van der Waals surface area contributed by atoms with Gasteiger partial charge in [0.1, 0.15) is 13.2 Å². The lowest BCUT2D eigenvalue weighted by atomic mass is 10.0. The van der Waals surface area contributed by atoms with Crippen molar-refractivity contribution >= 4 is 7.60 Å². The molecule has 0 radical (unpaired) electrons. The van der Waals surface area contributed by atoms with Crippen molar-refractivity contribution in [2.75, 3.05) is 40.5 Å². The molecule has 0 amide bonds. The van der Waals surface area contributed by atoms with Gasteiger partial charge in [-0.05, 0) is 6.42 Å². The van der Waals surface area contributed by atoms with E-state index in [1.165, 1.54) is 173 Å². The lowest BCUT2D eigenvalue weighted by Crippen LogP contribution is -2.37. The highest BCUT2D eigenvalue weighted by molar-refractivity contribution is 7.52. The van der Waals surface area contributed by atoms with E-state index in [2.05, 4.69) is 28.1 Å². The Balaban J connectivity index is 3.17. The molecule has 0 fully saturated rings. The highest BCUT2D eigenvalue weighted by Crippen LogP contribution is 2.42. The van der Waals surface area contributed by atoms with Gasteiger partial charge in [-0.3, -0.25) is 4.57 Å². The SMILES string of the molecule is CCCCCCCCCCCCCCCCCCCCCCCCCCCCCCCP(=O)(O)OCC[N+](C)(C)C. The van der Waals surface area contributed by atoms with E-state index in [9.17, 15) is 9.46 Å². The van der Waals surface area contributed by atoms with Gasteiger partial charge >= 0.3 is 7.60 Å². The summed E-state index contributed by atoms with van der Waals surface area (Å²) in [6.07, 6.45) is 40.6. The van der Waals surface area contributed by atoms with Crippen LogP contribution in [0.5, 0.6) is 0 Å². The molecule has 1 atom stereocenters. The molecule has 0 saturated carbocycles. The summed E-state index contributed by atoms with van der Waals surface area (Å²) in [6.45, 7) is 3.41. The van der Waals surface area contributed by atoms with Crippen LogP contribution in [0.4, 0.5) is 0 Å². The van der Waals surface area contributed by atoms with Crippen LogP contribution in [0, 0.1) is 0 Å². The Morgan fingerprint density at radius 1 is 0.463 bits per heavy atom. The van der Waals surface area contributed by atoms with Gasteiger partial charge in [0.05, 0.1) is 21.1 Å². The van der Waals surface area contributed by atoms with E-state index in [1.807, 2.05) is 0 Å². The number of unbranched alkanes of at least 4 members (excludes halogenated alkanes) is 28. The van der Waals surface area contributed by atoms with Crippen molar-refractivity contribution in [3.8, 4) is 0 Å². The standard InChI is InChI=1S/C36H76NO3P/c1-5-6-7-8-9-10-11-12-13-14-15-16-17-18-19-20-21-22-23-24-25-26-27-28-29-30-31-32-33-36-41(38,39)40-35-34-37(2,3)4/h5-36H2,1-4H3/p+1. The molecular weight excluding hydrogens is 525 g/mol. The summed E-state index contributed by atoms with van der Waals surface area (Å²) in [5.74, 6) is 0. The number of rotatable bonds is 34. The molecule has 248 valence electrons. The third-order valence-electron chi connectivity index (χ3n) is 8.60. The van der Waals surface area contributed by atoms with Gasteiger partial charge in [0.25, 0.3) is 0 Å². The molecule has 41 heavy (non-hydrogen) atoms. The molecule has 0 saturated heterocycles. The van der Waals surface area contributed by atoms with Gasteiger partial charge in [-0.1, -0.05) is 187 Å². The lowest BCUT2D eigenvalue weighted by molar-refractivity contribution is -0.870. The first-order valence-corrected chi connectivity index (χ1v) is 20.3. The molecule has 1 N–H and O–H groups in total. The van der Waals surface area contributed by atoms with Crippen LogP contribution in [-0.2, 0) is 9.09 Å². The molecule has 0 aromatic carbocycles. The molecule has 1 unspecified atom stereocenters. The van der Waals surface area contributed by atoms with Gasteiger partial charge in [0.15, 0.2) is 0 Å². The summed E-state index contributed by atoms with van der Waals surface area (Å²) in [4.78, 5) is 9.94. The van der Waals surface area contributed by atoms with Crippen molar-refractivity contribution in [2.45, 2.75) is 193 Å². The van der Waals surface area contributed by atoms with E-state index >= 15 is 0 Å². The van der Waals surface area contributed by atoms with Crippen LogP contribution >= 0.6 is 7.60 Å². The highest BCUT2D eigenvalue weighted by atomic mass is 31.2. The Hall–Kier alpha value is 0.110. The summed E-state index contributed by atoms with van der Waals surface area (Å²) in [6, 6.07) is 0. The number of quaternary nitrogens is 1. The number of likely N-dealkylation sites (N-methyl/N-ethyl adjacent to an activating group) is 1. The largest absolute Gasteiger partial charge is 0.329 e. The second-order valence-corrected chi connectivity index (χ2v) is 16.1. The third-order valence-corrected chi connectivity index (χ3v) is 10.1. The molecule has 0 aliphatic carbocycles. The smallest absolute Gasteiger partial charge is 0.328 e. The van der Waals surface area contributed by atoms with E-state index < -0.39 is 7.60 Å². The minimum atomic E-state index is -3.39. The van der Waals surface area contributed by atoms with Crippen LogP contribution in [0.1, 0.15) is 193 Å². The van der Waals surface area contributed by atoms with Crippen LogP contribution in [-0.4, -0.2) is 49.8 Å². The summed E-state index contributed by atoms with van der Waals surface area (Å²) >= 11 is 0. The number of nitrogens with zero attached hydrogens (tertiary/aromatic N) is 1. The molecule has 0 rings (SSSR count). The van der Waals surface area contributed by atoms with Crippen LogP contribution in [0.15, 0.2) is 0 Å². The highest BCUT2D eigenvalue weighted by Gasteiger charge is 2.20. The quantitative estimate of drug-likeness (QED) is 0.0453. The fourth-order valence-corrected chi connectivity index (χ4v) is 6.80. The van der Waals surface area contributed by atoms with Gasteiger partial charge in [-0.15, -0.1) is 0 Å². The number of hydrogen-bond donors (Lipinski definition) is 1. The Morgan fingerprint density at radius 2 is 0.707 bits per heavy atom. The van der Waals surface area contributed by atoms with Gasteiger partial charge in [0, 0.05) is 6.16 Å². The third kappa shape index (κ3) is 36.2. The monoisotopic (exact) mass is 603 g/mol.